The molecule has 1 atom stereocenters. The fourth-order valence-electron chi connectivity index (χ4n) is 2.91. The number of nitrogens with zero attached hydrogens (tertiary/aromatic N) is 1. The molecule has 0 radical (unpaired) electrons. The molecular formula is C22H22F2N2O5S2. The van der Waals surface area contributed by atoms with E-state index in [1.165, 1.54) is 29.6 Å². The van der Waals surface area contributed by atoms with Crippen molar-refractivity contribution in [2.75, 3.05) is 18.0 Å². The third-order valence-corrected chi connectivity index (χ3v) is 7.80. The average Bonchev–Trinajstić information content (AvgIpc) is 3.33. The van der Waals surface area contributed by atoms with Crippen LogP contribution in [0.3, 0.4) is 0 Å². The first kappa shape index (κ1) is 24.5. The molecule has 33 heavy (non-hydrogen) atoms. The number of nitrogens with one attached hydrogen (secondary N) is 1. The van der Waals surface area contributed by atoms with E-state index in [1.54, 1.807) is 54.8 Å². The lowest BCUT2D eigenvalue weighted by molar-refractivity contribution is -0.123. The summed E-state index contributed by atoms with van der Waals surface area (Å²) in [6.45, 7) is -1.50. The fraction of sp³-hybridized carbons (Fsp3) is 0.227. The molecule has 0 fully saturated rings. The van der Waals surface area contributed by atoms with Gasteiger partial charge in [-0.05, 0) is 60.3 Å². The molecule has 1 amide bonds. The van der Waals surface area contributed by atoms with Gasteiger partial charge in [0.1, 0.15) is 15.7 Å². The Bertz CT molecular complexity index is 1170. The van der Waals surface area contributed by atoms with Crippen molar-refractivity contribution in [3.8, 4) is 11.5 Å². The Balaban J connectivity index is 1.54. The highest BCUT2D eigenvalue weighted by molar-refractivity contribution is 7.94. The standard InChI is InChI=1S/C22H22F2N2O5S2/c1-15(16-5-3-6-19(13-16)31-22(23)24)25-20(27)14-30-18-10-8-17(9-11-18)26(2)33(28,29)21-7-4-12-32-21/h3-13,15,22H,14H2,1-2H3,(H,25,27). The number of rotatable bonds is 10. The molecule has 1 N–H and O–H groups in total. The van der Waals surface area contributed by atoms with Crippen LogP contribution < -0.4 is 19.1 Å². The zero-order chi connectivity index (χ0) is 24.0. The molecule has 3 rings (SSSR count). The van der Waals surface area contributed by atoms with Crippen LogP contribution in [0.4, 0.5) is 14.5 Å². The molecule has 0 saturated heterocycles. The lowest BCUT2D eigenvalue weighted by Gasteiger charge is -2.19. The Morgan fingerprint density at radius 1 is 1.09 bits per heavy atom. The third kappa shape index (κ3) is 6.42. The van der Waals surface area contributed by atoms with Gasteiger partial charge in [-0.2, -0.15) is 8.78 Å². The van der Waals surface area contributed by atoms with Crippen LogP contribution in [0.2, 0.25) is 0 Å². The van der Waals surface area contributed by atoms with E-state index in [2.05, 4.69) is 10.1 Å². The fourth-order valence-corrected chi connectivity index (χ4v) is 5.27. The second-order valence-corrected chi connectivity index (χ2v) is 10.1. The first-order valence-corrected chi connectivity index (χ1v) is 12.1. The lowest BCUT2D eigenvalue weighted by atomic mass is 10.1. The number of hydrogen-bond acceptors (Lipinski definition) is 6. The number of anilines is 1. The quantitative estimate of drug-likeness (QED) is 0.449. The van der Waals surface area contributed by atoms with E-state index in [1.807, 2.05) is 0 Å². The van der Waals surface area contributed by atoms with Crippen LogP contribution in [0, 0.1) is 0 Å². The van der Waals surface area contributed by atoms with Crippen LogP contribution in [-0.4, -0.2) is 34.6 Å². The van der Waals surface area contributed by atoms with Gasteiger partial charge in [0.05, 0.1) is 11.7 Å². The Morgan fingerprint density at radius 2 is 1.82 bits per heavy atom. The maximum absolute atomic E-state index is 12.6. The van der Waals surface area contributed by atoms with Crippen molar-refractivity contribution in [3.63, 3.8) is 0 Å². The Morgan fingerprint density at radius 3 is 2.45 bits per heavy atom. The van der Waals surface area contributed by atoms with Crippen LogP contribution in [0.5, 0.6) is 11.5 Å². The van der Waals surface area contributed by atoms with Crippen LogP contribution >= 0.6 is 11.3 Å². The SMILES string of the molecule is CC(NC(=O)COc1ccc(N(C)S(=O)(=O)c2cccs2)cc1)c1cccc(OC(F)F)c1. The molecule has 7 nitrogen and oxygen atoms in total. The van der Waals surface area contributed by atoms with Crippen molar-refractivity contribution in [2.45, 2.75) is 23.8 Å². The van der Waals surface area contributed by atoms with Gasteiger partial charge in [0, 0.05) is 7.05 Å². The summed E-state index contributed by atoms with van der Waals surface area (Å²) in [5.41, 5.74) is 1.04. The number of carbonyl (C=O) groups excluding carboxylic acids is 1. The molecule has 2 aromatic carbocycles. The van der Waals surface area contributed by atoms with E-state index >= 15 is 0 Å². The predicted molar refractivity (Wildman–Crippen MR) is 121 cm³/mol. The van der Waals surface area contributed by atoms with Gasteiger partial charge in [0.25, 0.3) is 15.9 Å². The number of carbonyl (C=O) groups is 1. The number of alkyl halides is 2. The summed E-state index contributed by atoms with van der Waals surface area (Å²) >= 11 is 1.13. The van der Waals surface area contributed by atoms with E-state index in [4.69, 9.17) is 4.74 Å². The number of thiophene rings is 1. The summed E-state index contributed by atoms with van der Waals surface area (Å²) in [5, 5.41) is 4.41. The molecule has 0 bridgehead atoms. The van der Waals surface area contributed by atoms with Crippen molar-refractivity contribution < 1.29 is 31.5 Å². The molecule has 1 aromatic heterocycles. The minimum absolute atomic E-state index is 0.00556. The van der Waals surface area contributed by atoms with Gasteiger partial charge in [-0.15, -0.1) is 11.3 Å². The zero-order valence-electron chi connectivity index (χ0n) is 17.8. The lowest BCUT2D eigenvalue weighted by Crippen LogP contribution is -2.31. The molecule has 1 heterocycles. The molecular weight excluding hydrogens is 474 g/mol. The zero-order valence-corrected chi connectivity index (χ0v) is 19.4. The summed E-state index contributed by atoms with van der Waals surface area (Å²) in [7, 11) is -2.18. The molecule has 11 heteroatoms. The number of benzene rings is 2. The Hall–Kier alpha value is -3.18. The van der Waals surface area contributed by atoms with Crippen LogP contribution in [0.15, 0.2) is 70.3 Å². The minimum atomic E-state index is -3.64. The summed E-state index contributed by atoms with van der Waals surface area (Å²) in [5.74, 6) is -0.0223. The van der Waals surface area contributed by atoms with Gasteiger partial charge in [-0.3, -0.25) is 9.10 Å². The van der Waals surface area contributed by atoms with Gasteiger partial charge < -0.3 is 14.8 Å². The second kappa shape index (κ2) is 10.6. The molecule has 1 unspecified atom stereocenters. The van der Waals surface area contributed by atoms with E-state index in [-0.39, 0.29) is 16.6 Å². The average molecular weight is 497 g/mol. The number of halogens is 2. The van der Waals surface area contributed by atoms with Crippen LogP contribution in [-0.2, 0) is 14.8 Å². The van der Waals surface area contributed by atoms with Crippen LogP contribution in [0.1, 0.15) is 18.5 Å². The minimum Gasteiger partial charge on any atom is -0.484 e. The predicted octanol–water partition coefficient (Wildman–Crippen LogP) is 4.43. The molecule has 0 aliphatic rings. The smallest absolute Gasteiger partial charge is 0.387 e. The second-order valence-electron chi connectivity index (χ2n) is 6.93. The normalized spacial score (nSPS) is 12.3. The summed E-state index contributed by atoms with van der Waals surface area (Å²) in [4.78, 5) is 12.2. The summed E-state index contributed by atoms with van der Waals surface area (Å²) < 4.78 is 61.2. The van der Waals surface area contributed by atoms with Gasteiger partial charge in [0.2, 0.25) is 0 Å². The molecule has 0 saturated carbocycles. The first-order valence-electron chi connectivity index (χ1n) is 9.76. The molecule has 0 aliphatic heterocycles. The number of sulfonamides is 1. The Kier molecular flexibility index (Phi) is 7.88. The van der Waals surface area contributed by atoms with Crippen molar-refractivity contribution in [3.05, 3.63) is 71.6 Å². The number of ether oxygens (including phenoxy) is 2. The first-order chi connectivity index (χ1) is 15.7. The molecule has 0 spiro atoms. The largest absolute Gasteiger partial charge is 0.484 e. The van der Waals surface area contributed by atoms with Crippen molar-refractivity contribution in [1.29, 1.82) is 0 Å². The van der Waals surface area contributed by atoms with E-state index in [9.17, 15) is 22.0 Å². The summed E-state index contributed by atoms with van der Waals surface area (Å²) in [6.07, 6.45) is 0. The van der Waals surface area contributed by atoms with Gasteiger partial charge in [-0.25, -0.2) is 8.42 Å². The maximum atomic E-state index is 12.6. The van der Waals surface area contributed by atoms with E-state index in [0.717, 1.165) is 11.3 Å². The van der Waals surface area contributed by atoms with Gasteiger partial charge >= 0.3 is 6.61 Å². The van der Waals surface area contributed by atoms with Crippen molar-refractivity contribution in [2.24, 2.45) is 0 Å². The highest BCUT2D eigenvalue weighted by atomic mass is 32.2. The van der Waals surface area contributed by atoms with Crippen molar-refractivity contribution >= 4 is 33.0 Å². The highest BCUT2D eigenvalue weighted by Gasteiger charge is 2.22. The maximum Gasteiger partial charge on any atom is 0.387 e. The van der Waals surface area contributed by atoms with Crippen LogP contribution in [0.25, 0.3) is 0 Å². The highest BCUT2D eigenvalue weighted by Crippen LogP contribution is 2.26. The number of hydrogen-bond donors (Lipinski definition) is 1. The topological polar surface area (TPSA) is 84.9 Å². The molecule has 3 aromatic rings. The van der Waals surface area contributed by atoms with E-state index in [0.29, 0.717) is 17.0 Å². The van der Waals surface area contributed by atoms with Gasteiger partial charge in [0.15, 0.2) is 6.61 Å². The van der Waals surface area contributed by atoms with Gasteiger partial charge in [-0.1, -0.05) is 18.2 Å². The molecule has 176 valence electrons. The summed E-state index contributed by atoms with van der Waals surface area (Å²) in [6, 6.07) is 15.1. The molecule has 0 aliphatic carbocycles. The monoisotopic (exact) mass is 496 g/mol. The van der Waals surface area contributed by atoms with E-state index < -0.39 is 28.6 Å². The number of amides is 1. The third-order valence-electron chi connectivity index (χ3n) is 4.64. The Labute approximate surface area is 194 Å². The van der Waals surface area contributed by atoms with Crippen molar-refractivity contribution in [1.82, 2.24) is 5.32 Å².